The van der Waals surface area contributed by atoms with Crippen LogP contribution in [0.3, 0.4) is 0 Å². The van der Waals surface area contributed by atoms with Gasteiger partial charge in [0.2, 0.25) is 0 Å². The molecule has 0 aromatic carbocycles. The van der Waals surface area contributed by atoms with Crippen molar-refractivity contribution in [1.82, 2.24) is 4.90 Å². The van der Waals surface area contributed by atoms with Crippen LogP contribution in [-0.4, -0.2) is 36.7 Å². The Kier molecular flexibility index (Phi) is 2.11. The van der Waals surface area contributed by atoms with Crippen LogP contribution in [0.25, 0.3) is 0 Å². The summed E-state index contributed by atoms with van der Waals surface area (Å²) in [7, 11) is 2.10. The van der Waals surface area contributed by atoms with Crippen LogP contribution in [0.4, 0.5) is 4.39 Å². The normalized spacial score (nSPS) is 52.2. The fourth-order valence-corrected chi connectivity index (χ4v) is 3.08. The highest BCUT2D eigenvalue weighted by Crippen LogP contribution is 2.41. The molecule has 2 bridgehead atoms. The number of nitrogens with two attached hydrogens (primary N) is 1. The van der Waals surface area contributed by atoms with Gasteiger partial charge in [0.05, 0.1) is 0 Å². The molecule has 76 valence electrons. The Balaban J connectivity index is 2.13. The maximum Gasteiger partial charge on any atom is 0.109 e. The summed E-state index contributed by atoms with van der Waals surface area (Å²) >= 11 is 0. The lowest BCUT2D eigenvalue weighted by Gasteiger charge is -2.48. The molecule has 1 saturated carbocycles. The maximum atomic E-state index is 13.8. The van der Waals surface area contributed by atoms with Crippen LogP contribution >= 0.6 is 0 Å². The second kappa shape index (κ2) is 2.92. The van der Waals surface area contributed by atoms with E-state index >= 15 is 0 Å². The highest BCUT2D eigenvalue weighted by atomic mass is 19.1. The van der Waals surface area contributed by atoms with Crippen molar-refractivity contribution >= 4 is 0 Å². The quantitative estimate of drug-likeness (QED) is 0.612. The summed E-state index contributed by atoms with van der Waals surface area (Å²) in [4.78, 5) is 2.29. The molecule has 2 rings (SSSR count). The van der Waals surface area contributed by atoms with Crippen molar-refractivity contribution in [1.29, 1.82) is 0 Å². The number of halogens is 1. The van der Waals surface area contributed by atoms with Gasteiger partial charge in [-0.05, 0) is 38.6 Å². The minimum atomic E-state index is -0.966. The first-order valence-electron chi connectivity index (χ1n) is 5.11. The first-order chi connectivity index (χ1) is 5.98. The van der Waals surface area contributed by atoms with Crippen LogP contribution in [0, 0.1) is 11.8 Å². The second-order valence-corrected chi connectivity index (χ2v) is 5.14. The first-order valence-corrected chi connectivity index (χ1v) is 5.11. The van der Waals surface area contributed by atoms with Gasteiger partial charge in [0.1, 0.15) is 5.67 Å². The molecule has 2 atom stereocenters. The zero-order valence-electron chi connectivity index (χ0n) is 8.46. The summed E-state index contributed by atoms with van der Waals surface area (Å²) in [6.07, 6.45) is 1.30. The Morgan fingerprint density at radius 3 is 2.23 bits per heavy atom. The van der Waals surface area contributed by atoms with Gasteiger partial charge in [-0.25, -0.2) is 4.39 Å². The van der Waals surface area contributed by atoms with Gasteiger partial charge in [-0.15, -0.1) is 0 Å². The molecule has 0 radical (unpaired) electrons. The summed E-state index contributed by atoms with van der Waals surface area (Å²) in [5.41, 5.74) is 5.11. The Morgan fingerprint density at radius 2 is 1.77 bits per heavy atom. The molecule has 2 unspecified atom stereocenters. The van der Waals surface area contributed by atoms with Gasteiger partial charge in [0.15, 0.2) is 0 Å². The van der Waals surface area contributed by atoms with Crippen LogP contribution in [0.5, 0.6) is 0 Å². The molecule has 0 spiro atoms. The summed E-state index contributed by atoms with van der Waals surface area (Å²) in [5, 5.41) is 0. The number of hydrogen-bond acceptors (Lipinski definition) is 2. The molecule has 2 fully saturated rings. The Hall–Kier alpha value is -0.150. The van der Waals surface area contributed by atoms with E-state index in [4.69, 9.17) is 5.73 Å². The minimum absolute atomic E-state index is 0.236. The van der Waals surface area contributed by atoms with Crippen molar-refractivity contribution in [3.63, 3.8) is 0 Å². The van der Waals surface area contributed by atoms with Crippen molar-refractivity contribution in [2.75, 3.05) is 20.1 Å². The van der Waals surface area contributed by atoms with Crippen molar-refractivity contribution in [2.24, 2.45) is 17.6 Å². The van der Waals surface area contributed by atoms with Crippen LogP contribution in [0.15, 0.2) is 0 Å². The highest BCUT2D eigenvalue weighted by Gasteiger charge is 2.45. The van der Waals surface area contributed by atoms with Gasteiger partial charge in [-0.2, -0.15) is 0 Å². The third-order valence-electron chi connectivity index (χ3n) is 3.56. The Labute approximate surface area is 79.3 Å². The van der Waals surface area contributed by atoms with E-state index in [-0.39, 0.29) is 6.04 Å². The number of likely N-dealkylation sites (tertiary alicyclic amines) is 1. The van der Waals surface area contributed by atoms with Crippen LogP contribution in [0.2, 0.25) is 0 Å². The number of rotatable bonds is 0. The van der Waals surface area contributed by atoms with E-state index in [1.54, 1.807) is 6.92 Å². The van der Waals surface area contributed by atoms with Crippen LogP contribution < -0.4 is 5.73 Å². The molecular formula is C10H19FN2. The summed E-state index contributed by atoms with van der Waals surface area (Å²) < 4.78 is 13.8. The molecule has 13 heavy (non-hydrogen) atoms. The largest absolute Gasteiger partial charge is 0.327 e. The van der Waals surface area contributed by atoms with Crippen LogP contribution in [0.1, 0.15) is 19.8 Å². The summed E-state index contributed by atoms with van der Waals surface area (Å²) in [5.74, 6) is 0.736. The van der Waals surface area contributed by atoms with Crippen molar-refractivity contribution < 1.29 is 4.39 Å². The van der Waals surface area contributed by atoms with E-state index in [2.05, 4.69) is 11.9 Å². The molecule has 0 aromatic rings. The third kappa shape index (κ3) is 1.72. The van der Waals surface area contributed by atoms with E-state index < -0.39 is 5.67 Å². The van der Waals surface area contributed by atoms with Crippen molar-refractivity contribution in [2.45, 2.75) is 31.5 Å². The van der Waals surface area contributed by atoms with Crippen molar-refractivity contribution in [3.05, 3.63) is 0 Å². The molecule has 1 aliphatic heterocycles. The molecule has 2 nitrogen and oxygen atoms in total. The van der Waals surface area contributed by atoms with Gasteiger partial charge >= 0.3 is 0 Å². The average Bonchev–Trinajstić information content (AvgIpc) is 1.94. The molecular weight excluding hydrogens is 167 g/mol. The first kappa shape index (κ1) is 9.41. The predicted molar refractivity (Wildman–Crippen MR) is 51.2 cm³/mol. The lowest BCUT2D eigenvalue weighted by atomic mass is 9.68. The average molecular weight is 186 g/mol. The zero-order chi connectivity index (χ0) is 9.64. The number of piperidine rings is 1. The molecule has 2 N–H and O–H groups in total. The molecule has 0 amide bonds. The molecule has 2 aliphatic rings. The minimum Gasteiger partial charge on any atom is -0.327 e. The molecule has 1 saturated heterocycles. The van der Waals surface area contributed by atoms with Crippen LogP contribution in [-0.2, 0) is 0 Å². The van der Waals surface area contributed by atoms with Gasteiger partial charge in [-0.1, -0.05) is 0 Å². The fraction of sp³-hybridized carbons (Fsp3) is 1.00. The number of fused-ring (bicyclic) bond motifs is 2. The SMILES string of the molecule is CN1CC2CC(C)(F)CC(C1)C2N. The molecule has 1 aliphatic carbocycles. The third-order valence-corrected chi connectivity index (χ3v) is 3.56. The van der Waals surface area contributed by atoms with E-state index in [0.717, 1.165) is 13.1 Å². The number of alkyl halides is 1. The fourth-order valence-electron chi connectivity index (χ4n) is 3.08. The van der Waals surface area contributed by atoms with E-state index in [1.807, 2.05) is 0 Å². The molecule has 0 aromatic heterocycles. The molecule has 1 heterocycles. The predicted octanol–water partition coefficient (Wildman–Crippen LogP) is 1.01. The van der Waals surface area contributed by atoms with Gasteiger partial charge in [-0.3, -0.25) is 0 Å². The van der Waals surface area contributed by atoms with Gasteiger partial charge < -0.3 is 10.6 Å². The second-order valence-electron chi connectivity index (χ2n) is 5.14. The monoisotopic (exact) mass is 186 g/mol. The van der Waals surface area contributed by atoms with E-state index in [1.165, 1.54) is 0 Å². The lowest BCUT2D eigenvalue weighted by Crippen LogP contribution is -2.58. The Bertz CT molecular complexity index is 187. The number of nitrogens with zero attached hydrogens (tertiary/aromatic N) is 1. The maximum absolute atomic E-state index is 13.8. The van der Waals surface area contributed by atoms with Gasteiger partial charge in [0.25, 0.3) is 0 Å². The summed E-state index contributed by atoms with van der Waals surface area (Å²) in [6, 6.07) is 0.236. The van der Waals surface area contributed by atoms with E-state index in [0.29, 0.717) is 24.7 Å². The topological polar surface area (TPSA) is 29.3 Å². The number of hydrogen-bond donors (Lipinski definition) is 1. The molecule has 3 heteroatoms. The lowest BCUT2D eigenvalue weighted by molar-refractivity contribution is -0.0116. The Morgan fingerprint density at radius 1 is 1.31 bits per heavy atom. The standard InChI is InChI=1S/C10H19FN2/c1-10(11)3-7-5-13(2)6-8(4-10)9(7)12/h7-9H,3-6,12H2,1-2H3. The van der Waals surface area contributed by atoms with Crippen molar-refractivity contribution in [3.8, 4) is 0 Å². The van der Waals surface area contributed by atoms with Gasteiger partial charge in [0, 0.05) is 19.1 Å². The smallest absolute Gasteiger partial charge is 0.109 e. The zero-order valence-corrected chi connectivity index (χ0v) is 8.46. The highest BCUT2D eigenvalue weighted by molar-refractivity contribution is 4.99. The summed E-state index contributed by atoms with van der Waals surface area (Å²) in [6.45, 7) is 3.67. The van der Waals surface area contributed by atoms with E-state index in [9.17, 15) is 4.39 Å².